The standard InChI is InChI=1S/C20H16FN7OS.CH4O3S/c1-10-7-30-20-27-15(11(2)26-18-16-17(23-8-22-16)24-9-25-18)14(19(29)28(10)20)12-4-3-5-13(21)6-12;1-5(2,3)4/h3-9,11H,1-2H3,(H2,22,23,24,25,26);1H3,(H,2,3,4)/t11-;/m0./s1. The van der Waals surface area contributed by atoms with E-state index >= 15 is 0 Å². The van der Waals surface area contributed by atoms with E-state index < -0.39 is 22.0 Å². The average molecular weight is 518 g/mol. The van der Waals surface area contributed by atoms with Crippen LogP contribution in [0.25, 0.3) is 27.3 Å². The third kappa shape index (κ3) is 5.34. The van der Waals surface area contributed by atoms with Gasteiger partial charge in [-0.1, -0.05) is 12.1 Å². The van der Waals surface area contributed by atoms with Crippen LogP contribution in [0.3, 0.4) is 0 Å². The van der Waals surface area contributed by atoms with E-state index in [9.17, 15) is 17.6 Å². The molecule has 0 unspecified atom stereocenters. The van der Waals surface area contributed by atoms with E-state index in [0.29, 0.717) is 45.0 Å². The van der Waals surface area contributed by atoms with Crippen molar-refractivity contribution in [3.8, 4) is 11.1 Å². The van der Waals surface area contributed by atoms with Crippen LogP contribution < -0.4 is 10.9 Å². The van der Waals surface area contributed by atoms with Crippen LogP contribution in [0, 0.1) is 12.7 Å². The largest absolute Gasteiger partial charge is 0.360 e. The summed E-state index contributed by atoms with van der Waals surface area (Å²) in [6, 6.07) is 5.58. The van der Waals surface area contributed by atoms with Crippen LogP contribution in [0.2, 0.25) is 0 Å². The lowest BCUT2D eigenvalue weighted by Crippen LogP contribution is -2.23. The zero-order valence-electron chi connectivity index (χ0n) is 18.7. The zero-order valence-corrected chi connectivity index (χ0v) is 20.4. The van der Waals surface area contributed by atoms with Crippen molar-refractivity contribution in [1.29, 1.82) is 0 Å². The molecule has 35 heavy (non-hydrogen) atoms. The van der Waals surface area contributed by atoms with Crippen molar-refractivity contribution in [2.75, 3.05) is 11.6 Å². The Bertz CT molecular complexity index is 1690. The number of aromatic amines is 1. The smallest absolute Gasteiger partial charge is 0.266 e. The fourth-order valence-electron chi connectivity index (χ4n) is 3.47. The molecule has 4 heterocycles. The Morgan fingerprint density at radius 1 is 1.26 bits per heavy atom. The van der Waals surface area contributed by atoms with Gasteiger partial charge in [0.25, 0.3) is 15.7 Å². The first kappa shape index (κ1) is 24.4. The highest BCUT2D eigenvalue weighted by atomic mass is 32.2. The van der Waals surface area contributed by atoms with Crippen LogP contribution >= 0.6 is 11.3 Å². The van der Waals surface area contributed by atoms with Gasteiger partial charge in [-0.25, -0.2) is 24.3 Å². The Labute approximate surface area is 202 Å². The highest BCUT2D eigenvalue weighted by Gasteiger charge is 2.22. The molecule has 0 bridgehead atoms. The van der Waals surface area contributed by atoms with Gasteiger partial charge in [-0.15, -0.1) is 11.3 Å². The average Bonchev–Trinajstić information content (AvgIpc) is 3.40. The van der Waals surface area contributed by atoms with E-state index in [1.807, 2.05) is 19.2 Å². The number of hydrogen-bond acceptors (Lipinski definition) is 9. The number of benzene rings is 1. The predicted molar refractivity (Wildman–Crippen MR) is 131 cm³/mol. The molecular formula is C21H20FN7O4S2. The quantitative estimate of drug-likeness (QED) is 0.305. The molecule has 5 aromatic rings. The molecule has 4 aromatic heterocycles. The Kier molecular flexibility index (Phi) is 6.60. The second-order valence-corrected chi connectivity index (χ2v) is 9.91. The summed E-state index contributed by atoms with van der Waals surface area (Å²) in [4.78, 5) is 34.3. The number of imidazole rings is 1. The number of thiazole rings is 1. The fourth-order valence-corrected chi connectivity index (χ4v) is 4.34. The number of hydrogen-bond donors (Lipinski definition) is 3. The molecule has 0 aliphatic rings. The van der Waals surface area contributed by atoms with Crippen molar-refractivity contribution in [1.82, 2.24) is 29.3 Å². The number of nitrogens with one attached hydrogen (secondary N) is 2. The van der Waals surface area contributed by atoms with Crippen LogP contribution in [-0.4, -0.2) is 48.5 Å². The lowest BCUT2D eigenvalue weighted by atomic mass is 10.0. The second kappa shape index (κ2) is 9.48. The summed E-state index contributed by atoms with van der Waals surface area (Å²) in [7, 11) is -3.67. The number of aryl methyl sites for hydroxylation is 1. The van der Waals surface area contributed by atoms with E-state index in [-0.39, 0.29) is 5.56 Å². The van der Waals surface area contributed by atoms with E-state index in [0.717, 1.165) is 5.69 Å². The topological polar surface area (TPSA) is 155 Å². The minimum atomic E-state index is -3.67. The number of aromatic nitrogens is 6. The van der Waals surface area contributed by atoms with Gasteiger partial charge in [-0.3, -0.25) is 13.7 Å². The predicted octanol–water partition coefficient (Wildman–Crippen LogP) is 3.21. The van der Waals surface area contributed by atoms with Gasteiger partial charge in [-0.05, 0) is 31.5 Å². The molecule has 11 nitrogen and oxygen atoms in total. The molecule has 0 saturated heterocycles. The summed E-state index contributed by atoms with van der Waals surface area (Å²) < 4.78 is 41.4. The highest BCUT2D eigenvalue weighted by Crippen LogP contribution is 2.29. The van der Waals surface area contributed by atoms with Gasteiger partial charge in [-0.2, -0.15) is 8.42 Å². The molecule has 3 N–H and O–H groups in total. The molecule has 0 spiro atoms. The first-order chi connectivity index (χ1) is 16.5. The molecule has 182 valence electrons. The maximum absolute atomic E-state index is 14.0. The maximum Gasteiger partial charge on any atom is 0.266 e. The van der Waals surface area contributed by atoms with Crippen LogP contribution in [0.1, 0.15) is 24.4 Å². The zero-order chi connectivity index (χ0) is 25.3. The number of halogens is 1. The van der Waals surface area contributed by atoms with E-state index in [1.54, 1.807) is 22.9 Å². The number of H-pyrrole nitrogens is 1. The van der Waals surface area contributed by atoms with Gasteiger partial charge in [0.15, 0.2) is 16.4 Å². The van der Waals surface area contributed by atoms with E-state index in [2.05, 4.69) is 25.3 Å². The van der Waals surface area contributed by atoms with Crippen LogP contribution in [0.15, 0.2) is 47.1 Å². The van der Waals surface area contributed by atoms with Crippen molar-refractivity contribution in [2.45, 2.75) is 19.9 Å². The van der Waals surface area contributed by atoms with Crippen molar-refractivity contribution in [3.63, 3.8) is 0 Å². The lowest BCUT2D eigenvalue weighted by molar-refractivity contribution is 0.490. The van der Waals surface area contributed by atoms with E-state index in [4.69, 9.17) is 9.54 Å². The number of fused-ring (bicyclic) bond motifs is 2. The van der Waals surface area contributed by atoms with Crippen molar-refractivity contribution >= 4 is 43.4 Å². The van der Waals surface area contributed by atoms with Crippen LogP contribution in [0.4, 0.5) is 10.2 Å². The minimum absolute atomic E-state index is 0.236. The molecule has 0 aliphatic heterocycles. The monoisotopic (exact) mass is 517 g/mol. The van der Waals surface area contributed by atoms with Gasteiger partial charge in [0.05, 0.1) is 29.9 Å². The first-order valence-electron chi connectivity index (χ1n) is 10.1. The van der Waals surface area contributed by atoms with Crippen LogP contribution in [0.5, 0.6) is 0 Å². The van der Waals surface area contributed by atoms with Gasteiger partial charge >= 0.3 is 0 Å². The maximum atomic E-state index is 14.0. The number of rotatable bonds is 4. The summed E-state index contributed by atoms with van der Waals surface area (Å²) in [5.74, 6) is 0.0999. The molecule has 0 amide bonds. The van der Waals surface area contributed by atoms with Gasteiger partial charge in [0.2, 0.25) is 0 Å². The SMILES string of the molecule is CS(=O)(=O)O.Cc1csc2nc([C@H](C)Nc3ncnc4[nH]cnc34)c(-c3cccc(F)c3)c(=O)n12. The first-order valence-corrected chi connectivity index (χ1v) is 12.9. The Morgan fingerprint density at radius 2 is 2.00 bits per heavy atom. The number of anilines is 1. The molecule has 1 aromatic carbocycles. The summed E-state index contributed by atoms with van der Waals surface area (Å²) in [6.45, 7) is 3.72. The third-order valence-corrected chi connectivity index (χ3v) is 5.81. The summed E-state index contributed by atoms with van der Waals surface area (Å²) >= 11 is 1.38. The molecule has 0 saturated carbocycles. The second-order valence-electron chi connectivity index (χ2n) is 7.60. The molecule has 14 heteroatoms. The Balaban J connectivity index is 0.000000527. The number of nitrogens with zero attached hydrogens (tertiary/aromatic N) is 5. The Hall–Kier alpha value is -3.75. The normalized spacial score (nSPS) is 12.4. The lowest BCUT2D eigenvalue weighted by Gasteiger charge is -2.18. The van der Waals surface area contributed by atoms with Crippen molar-refractivity contribution in [2.24, 2.45) is 0 Å². The third-order valence-electron chi connectivity index (χ3n) is 4.86. The molecule has 0 aliphatic carbocycles. The van der Waals surface area contributed by atoms with E-state index in [1.165, 1.54) is 29.8 Å². The van der Waals surface area contributed by atoms with Crippen molar-refractivity contribution < 1.29 is 17.4 Å². The van der Waals surface area contributed by atoms with Gasteiger partial charge in [0.1, 0.15) is 17.7 Å². The highest BCUT2D eigenvalue weighted by molar-refractivity contribution is 7.85. The molecule has 5 rings (SSSR count). The van der Waals surface area contributed by atoms with Crippen molar-refractivity contribution in [3.05, 3.63) is 69.9 Å². The summed E-state index contributed by atoms with van der Waals surface area (Å²) in [5.41, 5.74) is 3.06. The van der Waals surface area contributed by atoms with Crippen LogP contribution in [-0.2, 0) is 10.1 Å². The summed E-state index contributed by atoms with van der Waals surface area (Å²) in [6.07, 6.45) is 3.68. The summed E-state index contributed by atoms with van der Waals surface area (Å²) in [5, 5.41) is 5.15. The van der Waals surface area contributed by atoms with Gasteiger partial charge < -0.3 is 10.3 Å². The Morgan fingerprint density at radius 3 is 2.71 bits per heavy atom. The molecule has 1 atom stereocenters. The minimum Gasteiger partial charge on any atom is -0.360 e. The van der Waals surface area contributed by atoms with Gasteiger partial charge in [0, 0.05) is 11.1 Å². The molecule has 0 radical (unpaired) electrons. The fraction of sp³-hybridized carbons (Fsp3) is 0.190. The molecule has 0 fully saturated rings. The molecular weight excluding hydrogens is 497 g/mol.